The first-order valence-corrected chi connectivity index (χ1v) is 10.8. The Balaban J connectivity index is 1.36. The lowest BCUT2D eigenvalue weighted by atomic mass is 10.1. The van der Waals surface area contributed by atoms with Gasteiger partial charge in [-0.25, -0.2) is 9.97 Å². The van der Waals surface area contributed by atoms with Crippen LogP contribution < -0.4 is 5.32 Å². The first-order chi connectivity index (χ1) is 14.1. The highest BCUT2D eigenvalue weighted by molar-refractivity contribution is 7.99. The Morgan fingerprint density at radius 3 is 2.66 bits per heavy atom. The number of carbonyl (C=O) groups excluding carboxylic acids is 1. The summed E-state index contributed by atoms with van der Waals surface area (Å²) >= 11 is 2.76. The normalized spacial score (nSPS) is 10.8. The molecule has 0 unspecified atom stereocenters. The number of hydrogen-bond acceptors (Lipinski definition) is 6. The molecule has 8 heteroatoms. The predicted molar refractivity (Wildman–Crippen MR) is 118 cm³/mol. The van der Waals surface area contributed by atoms with Crippen molar-refractivity contribution in [3.8, 4) is 22.6 Å². The molecule has 2 aromatic carbocycles. The molecule has 0 aliphatic heterocycles. The summed E-state index contributed by atoms with van der Waals surface area (Å²) in [7, 11) is 0. The zero-order chi connectivity index (χ0) is 20.2. The van der Waals surface area contributed by atoms with E-state index in [-0.39, 0.29) is 11.7 Å². The number of aryl methyl sites for hydroxylation is 2. The van der Waals surface area contributed by atoms with Gasteiger partial charge in [0.05, 0.1) is 11.4 Å². The number of nitrogens with one attached hydrogen (secondary N) is 2. The van der Waals surface area contributed by atoms with E-state index in [4.69, 9.17) is 0 Å². The number of H-pyrrole nitrogens is 1. The second-order valence-electron chi connectivity index (χ2n) is 6.46. The van der Waals surface area contributed by atoms with Crippen LogP contribution in [0.5, 0.6) is 0 Å². The Hall–Kier alpha value is -2.97. The molecule has 29 heavy (non-hydrogen) atoms. The van der Waals surface area contributed by atoms with Gasteiger partial charge in [0.2, 0.25) is 11.1 Å². The molecule has 0 radical (unpaired) electrons. The topological polar surface area (TPSA) is 83.6 Å². The highest BCUT2D eigenvalue weighted by Gasteiger charge is 2.13. The third-order valence-corrected chi connectivity index (χ3v) is 5.91. The van der Waals surface area contributed by atoms with Crippen molar-refractivity contribution >= 4 is 34.1 Å². The van der Waals surface area contributed by atoms with Crippen LogP contribution in [0.3, 0.4) is 0 Å². The van der Waals surface area contributed by atoms with Crippen LogP contribution in [0.15, 0.2) is 59.8 Å². The maximum absolute atomic E-state index is 12.3. The Morgan fingerprint density at radius 2 is 1.86 bits per heavy atom. The summed E-state index contributed by atoms with van der Waals surface area (Å²) in [6.07, 6.45) is 0. The number of benzene rings is 2. The molecule has 0 atom stereocenters. The minimum Gasteiger partial charge on any atom is -0.301 e. The van der Waals surface area contributed by atoms with Gasteiger partial charge >= 0.3 is 0 Å². The van der Waals surface area contributed by atoms with Crippen LogP contribution in [0.2, 0.25) is 0 Å². The van der Waals surface area contributed by atoms with Crippen molar-refractivity contribution in [3.05, 3.63) is 65.0 Å². The number of aromatic nitrogens is 4. The summed E-state index contributed by atoms with van der Waals surface area (Å²) in [5.74, 6) is 0.773. The average Bonchev–Trinajstić information content (AvgIpc) is 3.34. The van der Waals surface area contributed by atoms with Gasteiger partial charge in [-0.2, -0.15) is 0 Å². The van der Waals surface area contributed by atoms with Crippen molar-refractivity contribution in [2.45, 2.75) is 19.0 Å². The van der Waals surface area contributed by atoms with Crippen LogP contribution in [0.1, 0.15) is 10.4 Å². The number of aromatic amines is 1. The van der Waals surface area contributed by atoms with E-state index in [1.165, 1.54) is 23.1 Å². The van der Waals surface area contributed by atoms with E-state index in [9.17, 15) is 4.79 Å². The zero-order valence-electron chi connectivity index (χ0n) is 16.0. The minimum atomic E-state index is -0.134. The fraction of sp³-hybridized carbons (Fsp3) is 0.143. The predicted octanol–water partition coefficient (Wildman–Crippen LogP) is 4.94. The van der Waals surface area contributed by atoms with Crippen LogP contribution in [0.25, 0.3) is 22.6 Å². The summed E-state index contributed by atoms with van der Waals surface area (Å²) in [5.41, 5.74) is 4.07. The number of thiazole rings is 1. The monoisotopic (exact) mass is 421 g/mol. The summed E-state index contributed by atoms with van der Waals surface area (Å²) < 4.78 is 0. The highest BCUT2D eigenvalue weighted by atomic mass is 32.2. The van der Waals surface area contributed by atoms with Crippen molar-refractivity contribution in [1.82, 2.24) is 20.2 Å². The lowest BCUT2D eigenvalue weighted by molar-refractivity contribution is -0.113. The van der Waals surface area contributed by atoms with Crippen LogP contribution in [0.4, 0.5) is 5.13 Å². The Kier molecular flexibility index (Phi) is 5.73. The van der Waals surface area contributed by atoms with Crippen molar-refractivity contribution in [2.75, 3.05) is 11.1 Å². The van der Waals surface area contributed by atoms with Gasteiger partial charge in [0.25, 0.3) is 0 Å². The number of hydrogen-bond donors (Lipinski definition) is 2. The number of nitrogens with zero attached hydrogens (tertiary/aromatic N) is 3. The molecule has 0 saturated carbocycles. The molecule has 0 aliphatic rings. The number of carbonyl (C=O) groups is 1. The molecule has 146 valence electrons. The molecule has 0 fully saturated rings. The molecule has 4 aromatic rings. The molecule has 0 aliphatic carbocycles. The van der Waals surface area contributed by atoms with Gasteiger partial charge in [-0.3, -0.25) is 9.89 Å². The quantitative estimate of drug-likeness (QED) is 0.431. The maximum Gasteiger partial charge on any atom is 0.236 e. The molecule has 2 heterocycles. The molecule has 1 amide bonds. The minimum absolute atomic E-state index is 0.134. The van der Waals surface area contributed by atoms with Crippen molar-refractivity contribution < 1.29 is 4.79 Å². The number of amides is 1. The number of anilines is 1. The second-order valence-corrected chi connectivity index (χ2v) is 8.61. The van der Waals surface area contributed by atoms with Gasteiger partial charge in [0.1, 0.15) is 0 Å². The molecular formula is C21H19N5OS2. The van der Waals surface area contributed by atoms with Crippen molar-refractivity contribution in [1.29, 1.82) is 0 Å². The smallest absolute Gasteiger partial charge is 0.236 e. The van der Waals surface area contributed by atoms with Crippen LogP contribution in [-0.2, 0) is 4.79 Å². The molecule has 2 aromatic heterocycles. The average molecular weight is 422 g/mol. The van der Waals surface area contributed by atoms with E-state index in [0.717, 1.165) is 27.3 Å². The summed E-state index contributed by atoms with van der Waals surface area (Å²) in [6, 6.07) is 18.0. The van der Waals surface area contributed by atoms with Crippen LogP contribution >= 0.6 is 23.1 Å². The molecule has 0 bridgehead atoms. The molecule has 2 N–H and O–H groups in total. The van der Waals surface area contributed by atoms with Crippen LogP contribution in [-0.4, -0.2) is 31.8 Å². The van der Waals surface area contributed by atoms with Crippen LogP contribution in [0, 0.1) is 13.8 Å². The van der Waals surface area contributed by atoms with E-state index < -0.39 is 0 Å². The van der Waals surface area contributed by atoms with Gasteiger partial charge in [-0.1, -0.05) is 65.9 Å². The largest absolute Gasteiger partial charge is 0.301 e. The number of rotatable bonds is 6. The molecule has 0 saturated heterocycles. The van der Waals surface area contributed by atoms with Gasteiger partial charge in [0.15, 0.2) is 11.0 Å². The zero-order valence-corrected chi connectivity index (χ0v) is 17.6. The first-order valence-electron chi connectivity index (χ1n) is 9.03. The van der Waals surface area contributed by atoms with Gasteiger partial charge in [-0.15, -0.1) is 16.4 Å². The Labute approximate surface area is 176 Å². The third kappa shape index (κ3) is 4.72. The van der Waals surface area contributed by atoms with E-state index in [1.54, 1.807) is 0 Å². The van der Waals surface area contributed by atoms with E-state index in [2.05, 4.69) is 25.5 Å². The van der Waals surface area contributed by atoms with Gasteiger partial charge < -0.3 is 5.32 Å². The number of thioether (sulfide) groups is 1. The summed E-state index contributed by atoms with van der Waals surface area (Å²) in [6.45, 7) is 4.04. The van der Waals surface area contributed by atoms with E-state index >= 15 is 0 Å². The molecule has 0 spiro atoms. The molecular weight excluding hydrogens is 402 g/mol. The Morgan fingerprint density at radius 1 is 1.07 bits per heavy atom. The van der Waals surface area contributed by atoms with Crippen molar-refractivity contribution in [2.24, 2.45) is 0 Å². The molecule has 4 rings (SSSR count). The SMILES string of the molecule is Cc1cccc(-c2nc(SCC(=O)Nc3nc(-c4ccccc4)c(C)s3)n[nH]2)c1. The standard InChI is InChI=1S/C21H19N5OS2/c1-13-7-6-10-16(11-13)19-24-21(26-25-19)28-12-17(27)22-20-23-18(14(2)29-20)15-8-4-3-5-9-15/h3-11H,12H2,1-2H3,(H,22,23,27)(H,24,25,26). The highest BCUT2D eigenvalue weighted by Crippen LogP contribution is 2.30. The first kappa shape index (κ1) is 19.4. The fourth-order valence-electron chi connectivity index (χ4n) is 2.83. The fourth-order valence-corrected chi connectivity index (χ4v) is 4.28. The summed E-state index contributed by atoms with van der Waals surface area (Å²) in [5, 5.41) is 11.1. The second kappa shape index (κ2) is 8.59. The summed E-state index contributed by atoms with van der Waals surface area (Å²) in [4.78, 5) is 22.4. The van der Waals surface area contributed by atoms with Gasteiger partial charge in [0, 0.05) is 16.0 Å². The Bertz CT molecular complexity index is 1140. The lowest BCUT2D eigenvalue weighted by Gasteiger charge is -2.00. The van der Waals surface area contributed by atoms with Gasteiger partial charge in [-0.05, 0) is 19.9 Å². The lowest BCUT2D eigenvalue weighted by Crippen LogP contribution is -2.13. The third-order valence-electron chi connectivity index (χ3n) is 4.18. The molecule has 6 nitrogen and oxygen atoms in total. The van der Waals surface area contributed by atoms with Crippen molar-refractivity contribution in [3.63, 3.8) is 0 Å². The maximum atomic E-state index is 12.3. The van der Waals surface area contributed by atoms with E-state index in [1.807, 2.05) is 68.4 Å². The van der Waals surface area contributed by atoms with E-state index in [0.29, 0.717) is 16.1 Å².